The first-order valence-electron chi connectivity index (χ1n) is 10.5. The summed E-state index contributed by atoms with van der Waals surface area (Å²) in [7, 11) is 0. The average molecular weight is 470 g/mol. The summed E-state index contributed by atoms with van der Waals surface area (Å²) >= 11 is 0. The van der Waals surface area contributed by atoms with Gasteiger partial charge in [-0.05, 0) is 61.4 Å². The molecule has 3 N–H and O–H groups in total. The number of nitrogens with one attached hydrogen (secondary N) is 3. The Hall–Kier alpha value is -4.08. The Bertz CT molecular complexity index is 1210. The van der Waals surface area contributed by atoms with E-state index in [-0.39, 0.29) is 17.5 Å². The highest BCUT2D eigenvalue weighted by molar-refractivity contribution is 5.99. The summed E-state index contributed by atoms with van der Waals surface area (Å²) in [6.45, 7) is 0.579. The second-order valence-corrected chi connectivity index (χ2v) is 7.93. The molecule has 3 aromatic rings. The Labute approximate surface area is 193 Å². The number of carbonyl (C=O) groups is 2. The summed E-state index contributed by atoms with van der Waals surface area (Å²) in [6, 6.07) is 11.9. The average Bonchev–Trinajstić information content (AvgIpc) is 3.62. The molecule has 176 valence electrons. The standard InChI is InChI=1S/C24H21F3N4O3/c1-24(26,27)19-12-16(6-9-20(19)25)30-23(33)29-15-4-7-17(8-5-15)34-18-10-11-28-21(13-18)31-22(32)14-2-3-14/h4-14H,2-3H2,1H3,(H,28,31,32)(H2,29,30,33). The summed E-state index contributed by atoms with van der Waals surface area (Å²) in [5, 5.41) is 7.70. The Kier molecular flexibility index (Phi) is 6.40. The molecule has 1 aliphatic rings. The number of benzene rings is 2. The molecule has 0 aliphatic heterocycles. The van der Waals surface area contributed by atoms with Crippen LogP contribution in [-0.4, -0.2) is 16.9 Å². The molecule has 3 amide bonds. The van der Waals surface area contributed by atoms with Gasteiger partial charge in [0.2, 0.25) is 5.91 Å². The quantitative estimate of drug-likeness (QED) is 0.388. The first-order chi connectivity index (χ1) is 16.2. The minimum Gasteiger partial charge on any atom is -0.457 e. The van der Waals surface area contributed by atoms with Crippen LogP contribution in [0.5, 0.6) is 11.5 Å². The first-order valence-corrected chi connectivity index (χ1v) is 10.5. The molecule has 1 aliphatic carbocycles. The van der Waals surface area contributed by atoms with E-state index in [1.807, 2.05) is 0 Å². The number of nitrogens with zero attached hydrogens (tertiary/aromatic N) is 1. The molecule has 0 radical (unpaired) electrons. The van der Waals surface area contributed by atoms with Gasteiger partial charge in [-0.15, -0.1) is 0 Å². The smallest absolute Gasteiger partial charge is 0.323 e. The fourth-order valence-electron chi connectivity index (χ4n) is 3.09. The lowest BCUT2D eigenvalue weighted by atomic mass is 10.1. The summed E-state index contributed by atoms with van der Waals surface area (Å²) in [5.41, 5.74) is -0.365. The van der Waals surface area contributed by atoms with Crippen LogP contribution in [0, 0.1) is 11.7 Å². The third-order valence-corrected chi connectivity index (χ3v) is 4.98. The summed E-state index contributed by atoms with van der Waals surface area (Å²) in [5.74, 6) is -3.09. The normalized spacial score (nSPS) is 13.2. The molecule has 0 bridgehead atoms. The number of hydrogen-bond acceptors (Lipinski definition) is 4. The van der Waals surface area contributed by atoms with E-state index >= 15 is 0 Å². The van der Waals surface area contributed by atoms with E-state index in [9.17, 15) is 22.8 Å². The van der Waals surface area contributed by atoms with Gasteiger partial charge in [-0.1, -0.05) is 0 Å². The van der Waals surface area contributed by atoms with Crippen LogP contribution in [-0.2, 0) is 10.7 Å². The van der Waals surface area contributed by atoms with Gasteiger partial charge in [-0.3, -0.25) is 4.79 Å². The molecule has 0 atom stereocenters. The van der Waals surface area contributed by atoms with Crippen LogP contribution in [0.1, 0.15) is 25.3 Å². The molecular formula is C24H21F3N4O3. The number of ether oxygens (including phenoxy) is 1. The van der Waals surface area contributed by atoms with Crippen LogP contribution in [0.25, 0.3) is 0 Å². The number of amides is 3. The minimum absolute atomic E-state index is 0.0256. The van der Waals surface area contributed by atoms with E-state index in [0.29, 0.717) is 29.9 Å². The lowest BCUT2D eigenvalue weighted by Crippen LogP contribution is -2.20. The molecule has 2 aromatic carbocycles. The molecule has 1 saturated carbocycles. The third-order valence-electron chi connectivity index (χ3n) is 4.98. The summed E-state index contributed by atoms with van der Waals surface area (Å²) in [4.78, 5) is 28.2. The van der Waals surface area contributed by atoms with Crippen LogP contribution in [0.15, 0.2) is 60.8 Å². The fraction of sp³-hybridized carbons (Fsp3) is 0.208. The lowest BCUT2D eigenvalue weighted by molar-refractivity contribution is -0.117. The van der Waals surface area contributed by atoms with Gasteiger partial charge in [-0.2, -0.15) is 0 Å². The first kappa shape index (κ1) is 23.1. The zero-order valence-corrected chi connectivity index (χ0v) is 18.1. The topological polar surface area (TPSA) is 92.3 Å². The SMILES string of the molecule is CC(F)(F)c1cc(NC(=O)Nc2ccc(Oc3ccnc(NC(=O)C4CC4)c3)cc2)ccc1F. The number of alkyl halides is 2. The number of aromatic nitrogens is 1. The van der Waals surface area contributed by atoms with E-state index in [4.69, 9.17) is 4.74 Å². The van der Waals surface area contributed by atoms with Crippen LogP contribution in [0.3, 0.4) is 0 Å². The number of carbonyl (C=O) groups excluding carboxylic acids is 2. The highest BCUT2D eigenvalue weighted by Gasteiger charge is 2.30. The highest BCUT2D eigenvalue weighted by Crippen LogP contribution is 2.32. The number of urea groups is 1. The Morgan fingerprint density at radius 3 is 2.29 bits per heavy atom. The van der Waals surface area contributed by atoms with Gasteiger partial charge in [0, 0.05) is 36.5 Å². The van der Waals surface area contributed by atoms with Gasteiger partial charge in [0.15, 0.2) is 0 Å². The van der Waals surface area contributed by atoms with Crippen molar-refractivity contribution in [2.75, 3.05) is 16.0 Å². The number of hydrogen-bond donors (Lipinski definition) is 3. The van der Waals surface area contributed by atoms with Gasteiger partial charge in [0.05, 0.1) is 5.56 Å². The molecular weight excluding hydrogens is 449 g/mol. The molecule has 1 aromatic heterocycles. The van der Waals surface area contributed by atoms with Gasteiger partial charge in [0.25, 0.3) is 5.92 Å². The maximum Gasteiger partial charge on any atom is 0.323 e. The lowest BCUT2D eigenvalue weighted by Gasteiger charge is -2.14. The predicted octanol–water partition coefficient (Wildman–Crippen LogP) is 6.12. The largest absolute Gasteiger partial charge is 0.457 e. The van der Waals surface area contributed by atoms with Crippen LogP contribution in [0.4, 0.5) is 35.2 Å². The molecule has 0 spiro atoms. The van der Waals surface area contributed by atoms with Crippen LogP contribution >= 0.6 is 0 Å². The van der Waals surface area contributed by atoms with Gasteiger partial charge < -0.3 is 20.7 Å². The van der Waals surface area contributed by atoms with E-state index in [2.05, 4.69) is 20.9 Å². The summed E-state index contributed by atoms with van der Waals surface area (Å²) < 4.78 is 46.3. The zero-order chi connectivity index (χ0) is 24.3. The number of halogens is 3. The molecule has 0 unspecified atom stereocenters. The highest BCUT2D eigenvalue weighted by atomic mass is 19.3. The van der Waals surface area contributed by atoms with Crippen molar-refractivity contribution < 1.29 is 27.5 Å². The number of rotatable bonds is 7. The molecule has 10 heteroatoms. The second kappa shape index (κ2) is 9.42. The van der Waals surface area contributed by atoms with E-state index in [1.165, 1.54) is 12.3 Å². The van der Waals surface area contributed by atoms with Crippen LogP contribution < -0.4 is 20.7 Å². The van der Waals surface area contributed by atoms with Crippen molar-refractivity contribution in [1.82, 2.24) is 4.98 Å². The van der Waals surface area contributed by atoms with Crippen LogP contribution in [0.2, 0.25) is 0 Å². The second-order valence-electron chi connectivity index (χ2n) is 7.93. The predicted molar refractivity (Wildman–Crippen MR) is 121 cm³/mol. The van der Waals surface area contributed by atoms with Gasteiger partial charge in [0.1, 0.15) is 23.1 Å². The van der Waals surface area contributed by atoms with E-state index in [1.54, 1.807) is 36.4 Å². The Morgan fingerprint density at radius 2 is 1.62 bits per heavy atom. The molecule has 1 heterocycles. The van der Waals surface area contributed by atoms with Crippen molar-refractivity contribution in [1.29, 1.82) is 0 Å². The Morgan fingerprint density at radius 1 is 0.941 bits per heavy atom. The molecule has 4 rings (SSSR count). The van der Waals surface area contributed by atoms with Crippen molar-refractivity contribution in [3.63, 3.8) is 0 Å². The van der Waals surface area contributed by atoms with Crippen molar-refractivity contribution in [3.05, 3.63) is 72.2 Å². The van der Waals surface area contributed by atoms with Crippen molar-refractivity contribution in [2.24, 2.45) is 5.92 Å². The number of anilines is 3. The fourth-order valence-corrected chi connectivity index (χ4v) is 3.09. The molecule has 1 fully saturated rings. The zero-order valence-electron chi connectivity index (χ0n) is 18.1. The van der Waals surface area contributed by atoms with Gasteiger partial charge in [-0.25, -0.2) is 22.9 Å². The minimum atomic E-state index is -3.38. The van der Waals surface area contributed by atoms with E-state index in [0.717, 1.165) is 25.0 Å². The molecule has 7 nitrogen and oxygen atoms in total. The molecule has 0 saturated heterocycles. The third kappa shape index (κ3) is 6.03. The molecule has 34 heavy (non-hydrogen) atoms. The monoisotopic (exact) mass is 470 g/mol. The van der Waals surface area contributed by atoms with Gasteiger partial charge >= 0.3 is 6.03 Å². The van der Waals surface area contributed by atoms with Crippen molar-refractivity contribution in [2.45, 2.75) is 25.7 Å². The maximum atomic E-state index is 13.6. The number of pyridine rings is 1. The maximum absolute atomic E-state index is 13.6. The summed E-state index contributed by atoms with van der Waals surface area (Å²) in [6.07, 6.45) is 3.30. The van der Waals surface area contributed by atoms with E-state index < -0.39 is 23.3 Å². The Balaban J connectivity index is 1.34. The van der Waals surface area contributed by atoms with Crippen molar-refractivity contribution >= 4 is 29.1 Å². The van der Waals surface area contributed by atoms with Crippen molar-refractivity contribution in [3.8, 4) is 11.5 Å².